The number of carbonyl (C=O) groups excluding carboxylic acids is 1. The second kappa shape index (κ2) is 6.56. The average molecular weight is 325 g/mol. The quantitative estimate of drug-likeness (QED) is 0.728. The standard InChI is InChI=1S/C16H21BrO2/c1-3-12-5-4-6-13(9-12)19-14-7-8-15(11(2)18)16(17)10-14/h7-8,10,12-13H,3-6,9H2,1-2H3. The molecule has 1 aliphatic carbocycles. The molecule has 1 aromatic rings. The van der Waals surface area contributed by atoms with Crippen molar-refractivity contribution in [2.75, 3.05) is 0 Å². The van der Waals surface area contributed by atoms with Gasteiger partial charge in [-0.2, -0.15) is 0 Å². The summed E-state index contributed by atoms with van der Waals surface area (Å²) >= 11 is 3.44. The lowest BCUT2D eigenvalue weighted by Crippen LogP contribution is -2.25. The van der Waals surface area contributed by atoms with E-state index in [0.29, 0.717) is 11.7 Å². The molecule has 2 rings (SSSR count). The van der Waals surface area contributed by atoms with Crippen LogP contribution >= 0.6 is 15.9 Å². The molecule has 0 saturated heterocycles. The lowest BCUT2D eigenvalue weighted by Gasteiger charge is -2.29. The summed E-state index contributed by atoms with van der Waals surface area (Å²) in [5, 5.41) is 0. The number of hydrogen-bond acceptors (Lipinski definition) is 2. The summed E-state index contributed by atoms with van der Waals surface area (Å²) < 4.78 is 6.88. The van der Waals surface area contributed by atoms with E-state index in [1.807, 2.05) is 18.2 Å². The molecule has 1 aliphatic rings. The minimum Gasteiger partial charge on any atom is -0.490 e. The van der Waals surface area contributed by atoms with Crippen molar-refractivity contribution < 1.29 is 9.53 Å². The number of benzene rings is 1. The lowest BCUT2D eigenvalue weighted by atomic mass is 9.85. The fourth-order valence-electron chi connectivity index (χ4n) is 2.77. The third-order valence-electron chi connectivity index (χ3n) is 3.93. The number of carbonyl (C=O) groups is 1. The van der Waals surface area contributed by atoms with Crippen LogP contribution in [0.1, 0.15) is 56.3 Å². The molecule has 2 atom stereocenters. The highest BCUT2D eigenvalue weighted by atomic mass is 79.9. The highest BCUT2D eigenvalue weighted by molar-refractivity contribution is 9.10. The van der Waals surface area contributed by atoms with Crippen molar-refractivity contribution in [3.8, 4) is 5.75 Å². The molecule has 0 spiro atoms. The molecule has 0 aromatic heterocycles. The Bertz CT molecular complexity index is 456. The first-order valence-electron chi connectivity index (χ1n) is 7.07. The Kier molecular flexibility index (Phi) is 5.03. The van der Waals surface area contributed by atoms with Gasteiger partial charge < -0.3 is 4.74 Å². The maximum absolute atomic E-state index is 11.4. The predicted molar refractivity (Wildman–Crippen MR) is 80.8 cm³/mol. The molecule has 0 N–H and O–H groups in total. The molecule has 0 aliphatic heterocycles. The molecular formula is C16H21BrO2. The zero-order valence-corrected chi connectivity index (χ0v) is 13.2. The molecule has 2 nitrogen and oxygen atoms in total. The number of ether oxygens (including phenoxy) is 1. The summed E-state index contributed by atoms with van der Waals surface area (Å²) in [7, 11) is 0. The average Bonchev–Trinajstić information content (AvgIpc) is 2.38. The number of halogens is 1. The van der Waals surface area contributed by atoms with E-state index < -0.39 is 0 Å². The molecule has 104 valence electrons. The molecule has 2 unspecified atom stereocenters. The van der Waals surface area contributed by atoms with Crippen LogP contribution in [0.4, 0.5) is 0 Å². The first-order chi connectivity index (χ1) is 9.10. The number of ketones is 1. The molecule has 0 heterocycles. The highest BCUT2D eigenvalue weighted by Crippen LogP contribution is 2.31. The van der Waals surface area contributed by atoms with Crippen LogP contribution in [0, 0.1) is 5.92 Å². The van der Waals surface area contributed by atoms with Crippen LogP contribution in [0.15, 0.2) is 22.7 Å². The van der Waals surface area contributed by atoms with Gasteiger partial charge in [0.05, 0.1) is 6.10 Å². The summed E-state index contributed by atoms with van der Waals surface area (Å²) in [5.74, 6) is 1.74. The van der Waals surface area contributed by atoms with Crippen molar-refractivity contribution in [2.24, 2.45) is 5.92 Å². The third kappa shape index (κ3) is 3.82. The third-order valence-corrected chi connectivity index (χ3v) is 4.59. The van der Waals surface area contributed by atoms with E-state index in [0.717, 1.165) is 29.0 Å². The van der Waals surface area contributed by atoms with Crippen molar-refractivity contribution in [3.05, 3.63) is 28.2 Å². The van der Waals surface area contributed by atoms with Gasteiger partial charge in [-0.25, -0.2) is 0 Å². The summed E-state index contributed by atoms with van der Waals surface area (Å²) in [5.41, 5.74) is 0.711. The van der Waals surface area contributed by atoms with E-state index in [4.69, 9.17) is 4.74 Å². The van der Waals surface area contributed by atoms with Gasteiger partial charge in [-0.3, -0.25) is 4.79 Å². The van der Waals surface area contributed by atoms with E-state index in [2.05, 4.69) is 22.9 Å². The van der Waals surface area contributed by atoms with Crippen molar-refractivity contribution in [1.82, 2.24) is 0 Å². The van der Waals surface area contributed by atoms with Crippen molar-refractivity contribution in [3.63, 3.8) is 0 Å². The summed E-state index contributed by atoms with van der Waals surface area (Å²) in [6.45, 7) is 3.83. The molecule has 1 saturated carbocycles. The number of rotatable bonds is 4. The number of Topliss-reactive ketones (excluding diaryl/α,β-unsaturated/α-hetero) is 1. The summed E-state index contributed by atoms with van der Waals surface area (Å²) in [6.07, 6.45) is 6.46. The van der Waals surface area contributed by atoms with E-state index in [9.17, 15) is 4.79 Å². The van der Waals surface area contributed by atoms with Crippen LogP contribution in [-0.2, 0) is 0 Å². The molecular weight excluding hydrogens is 304 g/mol. The van der Waals surface area contributed by atoms with Gasteiger partial charge in [0.2, 0.25) is 0 Å². The van der Waals surface area contributed by atoms with Gasteiger partial charge in [0.1, 0.15) is 5.75 Å². The molecule has 0 amide bonds. The van der Waals surface area contributed by atoms with E-state index >= 15 is 0 Å². The largest absolute Gasteiger partial charge is 0.490 e. The van der Waals surface area contributed by atoms with Crippen LogP contribution in [0.25, 0.3) is 0 Å². The SMILES string of the molecule is CCC1CCCC(Oc2ccc(C(C)=O)c(Br)c2)C1. The molecule has 0 radical (unpaired) electrons. The normalized spacial score (nSPS) is 23.1. The number of hydrogen-bond donors (Lipinski definition) is 0. The van der Waals surface area contributed by atoms with E-state index in [-0.39, 0.29) is 5.78 Å². The fraction of sp³-hybridized carbons (Fsp3) is 0.562. The summed E-state index contributed by atoms with van der Waals surface area (Å²) in [4.78, 5) is 11.4. The Morgan fingerprint density at radius 1 is 1.42 bits per heavy atom. The second-order valence-corrected chi connectivity index (χ2v) is 6.23. The van der Waals surface area contributed by atoms with Crippen LogP contribution in [-0.4, -0.2) is 11.9 Å². The minimum absolute atomic E-state index is 0.0714. The van der Waals surface area contributed by atoms with Crippen molar-refractivity contribution >= 4 is 21.7 Å². The lowest BCUT2D eigenvalue weighted by molar-refractivity contribution is 0.101. The maximum atomic E-state index is 11.4. The topological polar surface area (TPSA) is 26.3 Å². The smallest absolute Gasteiger partial charge is 0.160 e. The highest BCUT2D eigenvalue weighted by Gasteiger charge is 2.22. The summed E-state index contributed by atoms with van der Waals surface area (Å²) in [6, 6.07) is 5.64. The van der Waals surface area contributed by atoms with Gasteiger partial charge in [0.25, 0.3) is 0 Å². The monoisotopic (exact) mass is 324 g/mol. The first-order valence-corrected chi connectivity index (χ1v) is 7.86. The fourth-order valence-corrected chi connectivity index (χ4v) is 3.40. The maximum Gasteiger partial charge on any atom is 0.160 e. The first kappa shape index (κ1) is 14.6. The Balaban J connectivity index is 2.03. The zero-order valence-electron chi connectivity index (χ0n) is 11.6. The van der Waals surface area contributed by atoms with Gasteiger partial charge >= 0.3 is 0 Å². The molecule has 19 heavy (non-hydrogen) atoms. The van der Waals surface area contributed by atoms with Crippen molar-refractivity contribution in [1.29, 1.82) is 0 Å². The Labute approximate surface area is 123 Å². The van der Waals surface area contributed by atoms with Crippen LogP contribution in [0.3, 0.4) is 0 Å². The Hall–Kier alpha value is -0.830. The Morgan fingerprint density at radius 3 is 2.84 bits per heavy atom. The van der Waals surface area contributed by atoms with Gasteiger partial charge in [0.15, 0.2) is 5.78 Å². The van der Waals surface area contributed by atoms with Crippen LogP contribution in [0.2, 0.25) is 0 Å². The molecule has 0 bridgehead atoms. The van der Waals surface area contributed by atoms with Crippen molar-refractivity contribution in [2.45, 2.75) is 52.1 Å². The van der Waals surface area contributed by atoms with Crippen LogP contribution in [0.5, 0.6) is 5.75 Å². The molecule has 1 aromatic carbocycles. The molecule has 3 heteroatoms. The Morgan fingerprint density at radius 2 is 2.21 bits per heavy atom. The van der Waals surface area contributed by atoms with E-state index in [1.54, 1.807) is 6.92 Å². The zero-order chi connectivity index (χ0) is 13.8. The predicted octanol–water partition coefficient (Wildman–Crippen LogP) is 5.00. The molecule has 1 fully saturated rings. The van der Waals surface area contributed by atoms with Gasteiger partial charge in [0, 0.05) is 10.0 Å². The van der Waals surface area contributed by atoms with Gasteiger partial charge in [-0.05, 0) is 66.2 Å². The second-order valence-electron chi connectivity index (χ2n) is 5.38. The van der Waals surface area contributed by atoms with Gasteiger partial charge in [-0.15, -0.1) is 0 Å². The minimum atomic E-state index is 0.0714. The van der Waals surface area contributed by atoms with E-state index in [1.165, 1.54) is 19.3 Å². The van der Waals surface area contributed by atoms with Crippen LogP contribution < -0.4 is 4.74 Å². The van der Waals surface area contributed by atoms with Gasteiger partial charge in [-0.1, -0.05) is 19.8 Å².